The van der Waals surface area contributed by atoms with Crippen molar-refractivity contribution in [2.24, 2.45) is 13.0 Å². The fourth-order valence-electron chi connectivity index (χ4n) is 2.47. The molecule has 2 N–H and O–H groups in total. The molecule has 0 atom stereocenters. The Morgan fingerprint density at radius 1 is 1.33 bits per heavy atom. The molecule has 114 valence electrons. The van der Waals surface area contributed by atoms with Gasteiger partial charge < -0.3 is 10.6 Å². The molecule has 1 aromatic heterocycles. The second-order valence-corrected chi connectivity index (χ2v) is 5.24. The zero-order valence-corrected chi connectivity index (χ0v) is 12.7. The summed E-state index contributed by atoms with van der Waals surface area (Å²) in [5.41, 5.74) is 1.47. The minimum Gasteiger partial charge on any atom is -0.354 e. The molecule has 2 heterocycles. The highest BCUT2D eigenvalue weighted by Gasteiger charge is 2.18. The number of para-hydroxylation sites is 2. The number of hydrogen-bond donors (Lipinski definition) is 2. The van der Waals surface area contributed by atoms with E-state index in [2.05, 4.69) is 10.6 Å². The van der Waals surface area contributed by atoms with Gasteiger partial charge in [0.05, 0.1) is 11.0 Å². The van der Waals surface area contributed by atoms with Crippen LogP contribution in [0.4, 0.5) is 0 Å². The van der Waals surface area contributed by atoms with Gasteiger partial charge in [-0.15, -0.1) is 12.4 Å². The number of benzene rings is 1. The monoisotopic (exact) mass is 310 g/mol. The van der Waals surface area contributed by atoms with Gasteiger partial charge in [0, 0.05) is 32.6 Å². The molecular formula is C14H19ClN4O2. The first-order chi connectivity index (χ1) is 9.66. The number of imidazole rings is 1. The lowest BCUT2D eigenvalue weighted by atomic mass is 10.0. The zero-order chi connectivity index (χ0) is 14.1. The highest BCUT2D eigenvalue weighted by atomic mass is 35.5. The van der Waals surface area contributed by atoms with Gasteiger partial charge in [-0.2, -0.15) is 0 Å². The molecule has 0 aliphatic carbocycles. The van der Waals surface area contributed by atoms with Gasteiger partial charge in [0.25, 0.3) is 0 Å². The highest BCUT2D eigenvalue weighted by molar-refractivity contribution is 5.85. The van der Waals surface area contributed by atoms with Crippen LogP contribution in [0.1, 0.15) is 0 Å². The van der Waals surface area contributed by atoms with Gasteiger partial charge in [-0.05, 0) is 12.1 Å². The van der Waals surface area contributed by atoms with Crippen molar-refractivity contribution in [3.63, 3.8) is 0 Å². The maximum atomic E-state index is 12.2. The Kier molecular flexibility index (Phi) is 4.69. The van der Waals surface area contributed by atoms with Crippen molar-refractivity contribution in [3.8, 4) is 0 Å². The van der Waals surface area contributed by atoms with Crippen LogP contribution in [0.3, 0.4) is 0 Å². The number of aryl methyl sites for hydroxylation is 1. The maximum Gasteiger partial charge on any atom is 0.329 e. The van der Waals surface area contributed by atoms with E-state index in [1.807, 2.05) is 24.3 Å². The molecule has 1 fully saturated rings. The van der Waals surface area contributed by atoms with Crippen LogP contribution in [0, 0.1) is 5.92 Å². The first-order valence-corrected chi connectivity index (χ1v) is 6.78. The first-order valence-electron chi connectivity index (χ1n) is 6.78. The quantitative estimate of drug-likeness (QED) is 0.841. The summed E-state index contributed by atoms with van der Waals surface area (Å²) in [4.78, 5) is 24.1. The molecule has 2 aromatic rings. The summed E-state index contributed by atoms with van der Waals surface area (Å²) in [5, 5.41) is 6.05. The molecule has 1 aromatic carbocycles. The van der Waals surface area contributed by atoms with Crippen LogP contribution in [-0.2, 0) is 18.4 Å². The summed E-state index contributed by atoms with van der Waals surface area (Å²) in [6, 6.07) is 7.50. The third-order valence-corrected chi connectivity index (χ3v) is 3.81. The van der Waals surface area contributed by atoms with E-state index in [4.69, 9.17) is 0 Å². The summed E-state index contributed by atoms with van der Waals surface area (Å²) in [7, 11) is 1.72. The largest absolute Gasteiger partial charge is 0.354 e. The zero-order valence-electron chi connectivity index (χ0n) is 11.8. The van der Waals surface area contributed by atoms with E-state index in [1.54, 1.807) is 11.6 Å². The maximum absolute atomic E-state index is 12.2. The van der Waals surface area contributed by atoms with E-state index in [0.717, 1.165) is 24.1 Å². The van der Waals surface area contributed by atoms with Gasteiger partial charge in [0.2, 0.25) is 5.91 Å². The predicted octanol–water partition coefficient (Wildman–Crippen LogP) is 0.0974. The van der Waals surface area contributed by atoms with Crippen molar-refractivity contribution in [2.45, 2.75) is 6.54 Å². The molecule has 1 amide bonds. The molecule has 0 spiro atoms. The number of rotatable bonds is 4. The van der Waals surface area contributed by atoms with Gasteiger partial charge >= 0.3 is 5.69 Å². The normalized spacial score (nSPS) is 14.5. The van der Waals surface area contributed by atoms with Crippen molar-refractivity contribution in [1.82, 2.24) is 19.8 Å². The van der Waals surface area contributed by atoms with Crippen LogP contribution in [-0.4, -0.2) is 34.7 Å². The lowest BCUT2D eigenvalue weighted by molar-refractivity contribution is -0.121. The molecule has 0 saturated carbocycles. The number of nitrogens with zero attached hydrogens (tertiary/aromatic N) is 2. The number of fused-ring (bicyclic) bond motifs is 1. The van der Waals surface area contributed by atoms with Crippen LogP contribution in [0.2, 0.25) is 0 Å². The average Bonchev–Trinajstić information content (AvgIpc) is 2.63. The molecule has 0 bridgehead atoms. The van der Waals surface area contributed by atoms with Crippen LogP contribution >= 0.6 is 12.4 Å². The molecule has 3 rings (SSSR count). The summed E-state index contributed by atoms with van der Waals surface area (Å²) < 4.78 is 3.09. The van der Waals surface area contributed by atoms with Gasteiger partial charge in [0.1, 0.15) is 6.54 Å². The number of carbonyl (C=O) groups excluding carboxylic acids is 1. The Balaban J connectivity index is 0.00000161. The fourth-order valence-corrected chi connectivity index (χ4v) is 2.47. The van der Waals surface area contributed by atoms with E-state index in [1.165, 1.54) is 4.57 Å². The lowest BCUT2D eigenvalue weighted by Crippen LogP contribution is -2.48. The van der Waals surface area contributed by atoms with Crippen molar-refractivity contribution >= 4 is 29.3 Å². The Hall–Kier alpha value is -1.79. The second kappa shape index (κ2) is 6.32. The van der Waals surface area contributed by atoms with Gasteiger partial charge in [-0.1, -0.05) is 12.1 Å². The number of amides is 1. The molecule has 1 saturated heterocycles. The number of aromatic nitrogens is 2. The average molecular weight is 311 g/mol. The van der Waals surface area contributed by atoms with Gasteiger partial charge in [-0.3, -0.25) is 13.9 Å². The first kappa shape index (κ1) is 15.6. The Morgan fingerprint density at radius 2 is 2.00 bits per heavy atom. The molecule has 1 aliphatic rings. The van der Waals surface area contributed by atoms with Gasteiger partial charge in [0.15, 0.2) is 0 Å². The Labute approximate surface area is 128 Å². The number of nitrogens with one attached hydrogen (secondary N) is 2. The third kappa shape index (κ3) is 2.96. The smallest absolute Gasteiger partial charge is 0.329 e. The molecule has 7 heteroatoms. The Bertz CT molecular complexity index is 703. The van der Waals surface area contributed by atoms with Crippen molar-refractivity contribution < 1.29 is 4.79 Å². The lowest BCUT2D eigenvalue weighted by Gasteiger charge is -2.27. The van der Waals surface area contributed by atoms with E-state index in [9.17, 15) is 9.59 Å². The summed E-state index contributed by atoms with van der Waals surface area (Å²) >= 11 is 0. The van der Waals surface area contributed by atoms with E-state index in [0.29, 0.717) is 12.5 Å². The highest BCUT2D eigenvalue weighted by Crippen LogP contribution is 2.11. The minimum absolute atomic E-state index is 0. The van der Waals surface area contributed by atoms with Crippen LogP contribution in [0.15, 0.2) is 29.1 Å². The summed E-state index contributed by atoms with van der Waals surface area (Å²) in [5.74, 6) is 0.401. The summed E-state index contributed by atoms with van der Waals surface area (Å²) in [6.45, 7) is 2.65. The van der Waals surface area contributed by atoms with E-state index in [-0.39, 0.29) is 30.5 Å². The molecule has 6 nitrogen and oxygen atoms in total. The Morgan fingerprint density at radius 3 is 2.62 bits per heavy atom. The number of carbonyl (C=O) groups is 1. The standard InChI is InChI=1S/C14H18N4O2.ClH/c1-17-11-4-2-3-5-12(11)18(14(17)20)9-13(19)16-8-10-6-15-7-10;/h2-5,10,15H,6-9H2,1H3,(H,16,19);1H. The van der Waals surface area contributed by atoms with Crippen molar-refractivity contribution in [1.29, 1.82) is 0 Å². The van der Waals surface area contributed by atoms with Crippen molar-refractivity contribution in [2.75, 3.05) is 19.6 Å². The molecule has 1 aliphatic heterocycles. The van der Waals surface area contributed by atoms with Crippen molar-refractivity contribution in [3.05, 3.63) is 34.7 Å². The number of halogens is 1. The molecule has 0 unspecified atom stereocenters. The predicted molar refractivity (Wildman–Crippen MR) is 83.8 cm³/mol. The fraction of sp³-hybridized carbons (Fsp3) is 0.429. The third-order valence-electron chi connectivity index (χ3n) is 3.81. The SMILES string of the molecule is Cl.Cn1c(=O)n(CC(=O)NCC2CNC2)c2ccccc21. The molecular weight excluding hydrogens is 292 g/mol. The second-order valence-electron chi connectivity index (χ2n) is 5.24. The van der Waals surface area contributed by atoms with E-state index < -0.39 is 0 Å². The van der Waals surface area contributed by atoms with Crippen LogP contribution in [0.5, 0.6) is 0 Å². The van der Waals surface area contributed by atoms with Gasteiger partial charge in [-0.25, -0.2) is 4.79 Å². The minimum atomic E-state index is -0.160. The van der Waals surface area contributed by atoms with Crippen LogP contribution < -0.4 is 16.3 Å². The van der Waals surface area contributed by atoms with Crippen LogP contribution in [0.25, 0.3) is 11.0 Å². The number of hydrogen-bond acceptors (Lipinski definition) is 3. The topological polar surface area (TPSA) is 68.1 Å². The molecule has 0 radical (unpaired) electrons. The molecule has 21 heavy (non-hydrogen) atoms. The summed E-state index contributed by atoms with van der Waals surface area (Å²) in [6.07, 6.45) is 0. The van der Waals surface area contributed by atoms with E-state index >= 15 is 0 Å².